The Hall–Kier alpha value is -0.860. The molecule has 1 aromatic carbocycles. The molecule has 2 atom stereocenters. The van der Waals surface area contributed by atoms with Crippen LogP contribution in [0.5, 0.6) is 0 Å². The van der Waals surface area contributed by atoms with Crippen molar-refractivity contribution in [2.24, 2.45) is 11.7 Å². The van der Waals surface area contributed by atoms with E-state index in [-0.39, 0.29) is 0 Å². The first kappa shape index (κ1) is 14.2. The van der Waals surface area contributed by atoms with Crippen molar-refractivity contribution in [2.45, 2.75) is 39.2 Å². The molecule has 0 heterocycles. The zero-order valence-corrected chi connectivity index (χ0v) is 11.5. The van der Waals surface area contributed by atoms with Crippen molar-refractivity contribution in [2.75, 3.05) is 13.6 Å². The minimum atomic E-state index is 0.412. The molecule has 0 spiro atoms. The minimum Gasteiger partial charge on any atom is -0.330 e. The number of hydrogen-bond donors (Lipinski definition) is 2. The van der Waals surface area contributed by atoms with Gasteiger partial charge in [0.2, 0.25) is 0 Å². The van der Waals surface area contributed by atoms with Gasteiger partial charge in [0.15, 0.2) is 0 Å². The number of hydrogen-bond acceptors (Lipinski definition) is 2. The first-order valence-corrected chi connectivity index (χ1v) is 6.55. The van der Waals surface area contributed by atoms with E-state index in [1.54, 1.807) is 0 Å². The summed E-state index contributed by atoms with van der Waals surface area (Å²) in [6.07, 6.45) is 1.09. The molecule has 2 nitrogen and oxygen atoms in total. The molecule has 96 valence electrons. The largest absolute Gasteiger partial charge is 0.330 e. The van der Waals surface area contributed by atoms with Gasteiger partial charge in [-0.25, -0.2) is 0 Å². The van der Waals surface area contributed by atoms with Gasteiger partial charge in [-0.15, -0.1) is 0 Å². The average molecular weight is 234 g/mol. The third-order valence-corrected chi connectivity index (χ3v) is 3.39. The number of nitrogens with one attached hydrogen (secondary N) is 1. The normalized spacial score (nSPS) is 14.9. The topological polar surface area (TPSA) is 38.0 Å². The second kappa shape index (κ2) is 6.77. The summed E-state index contributed by atoms with van der Waals surface area (Å²) >= 11 is 0. The molecule has 0 aliphatic heterocycles. The van der Waals surface area contributed by atoms with Crippen LogP contribution in [0.3, 0.4) is 0 Å². The Bertz CT molecular complexity index is 316. The van der Waals surface area contributed by atoms with Crippen LogP contribution < -0.4 is 11.1 Å². The Morgan fingerprint density at radius 1 is 1.06 bits per heavy atom. The summed E-state index contributed by atoms with van der Waals surface area (Å²) in [7, 11) is 2.02. The highest BCUT2D eigenvalue weighted by molar-refractivity contribution is 5.26. The van der Waals surface area contributed by atoms with Gasteiger partial charge < -0.3 is 11.1 Å². The monoisotopic (exact) mass is 234 g/mol. The van der Waals surface area contributed by atoms with E-state index in [1.807, 2.05) is 7.05 Å². The van der Waals surface area contributed by atoms with Crippen LogP contribution in [-0.2, 0) is 0 Å². The summed E-state index contributed by atoms with van der Waals surface area (Å²) in [5.74, 6) is 1.15. The molecule has 0 bridgehead atoms. The van der Waals surface area contributed by atoms with E-state index in [9.17, 15) is 0 Å². The molecule has 1 rings (SSSR count). The average Bonchev–Trinajstić information content (AvgIpc) is 2.35. The predicted molar refractivity (Wildman–Crippen MR) is 75.2 cm³/mol. The molecule has 0 aromatic heterocycles. The van der Waals surface area contributed by atoms with Gasteiger partial charge in [-0.1, -0.05) is 45.0 Å². The van der Waals surface area contributed by atoms with E-state index in [2.05, 4.69) is 50.4 Å². The Labute approximate surface area is 106 Å². The number of benzene rings is 1. The third-order valence-electron chi connectivity index (χ3n) is 3.39. The van der Waals surface area contributed by atoms with Crippen LogP contribution in [0.4, 0.5) is 0 Å². The van der Waals surface area contributed by atoms with Crippen LogP contribution >= 0.6 is 0 Å². The third kappa shape index (κ3) is 4.14. The fourth-order valence-electron chi connectivity index (χ4n) is 2.03. The molecular weight excluding hydrogens is 208 g/mol. The fourth-order valence-corrected chi connectivity index (χ4v) is 2.03. The maximum absolute atomic E-state index is 5.69. The number of rotatable bonds is 6. The molecule has 0 saturated heterocycles. The molecule has 0 aliphatic rings. The maximum Gasteiger partial charge on any atom is 0.0320 e. The van der Waals surface area contributed by atoms with Crippen molar-refractivity contribution >= 4 is 0 Å². The molecule has 17 heavy (non-hydrogen) atoms. The van der Waals surface area contributed by atoms with Gasteiger partial charge in [0.25, 0.3) is 0 Å². The summed E-state index contributed by atoms with van der Waals surface area (Å²) < 4.78 is 0. The highest BCUT2D eigenvalue weighted by atomic mass is 14.9. The summed E-state index contributed by atoms with van der Waals surface area (Å²) in [4.78, 5) is 0. The van der Waals surface area contributed by atoms with E-state index < -0.39 is 0 Å². The smallest absolute Gasteiger partial charge is 0.0320 e. The van der Waals surface area contributed by atoms with Crippen LogP contribution in [0.15, 0.2) is 24.3 Å². The first-order chi connectivity index (χ1) is 8.08. The second-order valence-electron chi connectivity index (χ2n) is 5.24. The second-order valence-corrected chi connectivity index (χ2v) is 5.24. The summed E-state index contributed by atoms with van der Waals surface area (Å²) in [5.41, 5.74) is 8.45. The zero-order valence-electron chi connectivity index (χ0n) is 11.5. The Morgan fingerprint density at radius 2 is 1.59 bits per heavy atom. The SMILES string of the molecule is CNC(CC(C)CN)c1ccc(C(C)C)cc1. The van der Waals surface area contributed by atoms with Crippen molar-refractivity contribution in [3.05, 3.63) is 35.4 Å². The van der Waals surface area contributed by atoms with Crippen LogP contribution in [-0.4, -0.2) is 13.6 Å². The summed E-state index contributed by atoms with van der Waals surface area (Å²) in [6.45, 7) is 7.40. The first-order valence-electron chi connectivity index (χ1n) is 6.55. The van der Waals surface area contributed by atoms with Gasteiger partial charge in [0, 0.05) is 6.04 Å². The van der Waals surface area contributed by atoms with Gasteiger partial charge in [-0.3, -0.25) is 0 Å². The lowest BCUT2D eigenvalue weighted by molar-refractivity contribution is 0.438. The quantitative estimate of drug-likeness (QED) is 0.794. The molecule has 2 unspecified atom stereocenters. The van der Waals surface area contributed by atoms with Gasteiger partial charge >= 0.3 is 0 Å². The van der Waals surface area contributed by atoms with Crippen LogP contribution in [0.25, 0.3) is 0 Å². The Kier molecular flexibility index (Phi) is 5.66. The van der Waals surface area contributed by atoms with Gasteiger partial charge in [-0.05, 0) is 43.0 Å². The number of nitrogens with two attached hydrogens (primary N) is 1. The maximum atomic E-state index is 5.69. The summed E-state index contributed by atoms with van der Waals surface area (Å²) in [6, 6.07) is 9.35. The predicted octanol–water partition coefficient (Wildman–Crippen LogP) is 3.06. The van der Waals surface area contributed by atoms with Crippen molar-refractivity contribution < 1.29 is 0 Å². The van der Waals surface area contributed by atoms with Crippen molar-refractivity contribution in [1.82, 2.24) is 5.32 Å². The molecule has 1 aromatic rings. The van der Waals surface area contributed by atoms with Crippen LogP contribution in [0, 0.1) is 5.92 Å². The Morgan fingerprint density at radius 3 is 2.00 bits per heavy atom. The van der Waals surface area contributed by atoms with Crippen LogP contribution in [0.2, 0.25) is 0 Å². The van der Waals surface area contributed by atoms with E-state index in [1.165, 1.54) is 11.1 Å². The minimum absolute atomic E-state index is 0.412. The standard InChI is InChI=1S/C15H26N2/c1-11(2)13-5-7-14(8-6-13)15(17-4)9-12(3)10-16/h5-8,11-12,15,17H,9-10,16H2,1-4H3. The highest BCUT2D eigenvalue weighted by Crippen LogP contribution is 2.23. The lowest BCUT2D eigenvalue weighted by Crippen LogP contribution is -2.22. The fraction of sp³-hybridized carbons (Fsp3) is 0.600. The lowest BCUT2D eigenvalue weighted by atomic mass is 9.94. The Balaban J connectivity index is 2.75. The van der Waals surface area contributed by atoms with E-state index in [0.717, 1.165) is 13.0 Å². The van der Waals surface area contributed by atoms with Gasteiger partial charge in [0.05, 0.1) is 0 Å². The molecule has 2 heteroatoms. The summed E-state index contributed by atoms with van der Waals surface area (Å²) in [5, 5.41) is 3.38. The molecule has 0 saturated carbocycles. The van der Waals surface area contributed by atoms with E-state index in [0.29, 0.717) is 17.9 Å². The zero-order chi connectivity index (χ0) is 12.8. The molecular formula is C15H26N2. The molecule has 0 fully saturated rings. The molecule has 3 N–H and O–H groups in total. The van der Waals surface area contributed by atoms with E-state index in [4.69, 9.17) is 5.73 Å². The van der Waals surface area contributed by atoms with Crippen molar-refractivity contribution in [3.8, 4) is 0 Å². The molecule has 0 aliphatic carbocycles. The van der Waals surface area contributed by atoms with Crippen molar-refractivity contribution in [1.29, 1.82) is 0 Å². The lowest BCUT2D eigenvalue weighted by Gasteiger charge is -2.20. The highest BCUT2D eigenvalue weighted by Gasteiger charge is 2.12. The van der Waals surface area contributed by atoms with Crippen molar-refractivity contribution in [3.63, 3.8) is 0 Å². The van der Waals surface area contributed by atoms with Crippen LogP contribution in [0.1, 0.15) is 50.3 Å². The van der Waals surface area contributed by atoms with E-state index >= 15 is 0 Å². The molecule has 0 radical (unpaired) electrons. The molecule has 0 amide bonds. The van der Waals surface area contributed by atoms with Gasteiger partial charge in [-0.2, -0.15) is 0 Å². The van der Waals surface area contributed by atoms with Gasteiger partial charge in [0.1, 0.15) is 0 Å².